The smallest absolute Gasteiger partial charge is 0.246 e. The van der Waals surface area contributed by atoms with Crippen molar-refractivity contribution in [3.63, 3.8) is 0 Å². The van der Waals surface area contributed by atoms with Gasteiger partial charge in [0.05, 0.1) is 24.7 Å². The molecule has 2 aromatic heterocycles. The third-order valence-electron chi connectivity index (χ3n) is 7.33. The predicted octanol–water partition coefficient (Wildman–Crippen LogP) is 2.89. The summed E-state index contributed by atoms with van der Waals surface area (Å²) in [5.41, 5.74) is 7.51. The lowest BCUT2D eigenvalue weighted by Crippen LogP contribution is -2.46. The first-order chi connectivity index (χ1) is 15.5. The fourth-order valence-electron chi connectivity index (χ4n) is 5.68. The highest BCUT2D eigenvalue weighted by Gasteiger charge is 2.33. The molecular weight excluding hydrogens is 426 g/mol. The van der Waals surface area contributed by atoms with E-state index in [1.807, 2.05) is 6.92 Å². The minimum atomic E-state index is -1.11. The Labute approximate surface area is 192 Å². The Hall–Kier alpha value is -1.74. The number of hydrogen-bond donors (Lipinski definition) is 2. The third kappa shape index (κ3) is 4.38. The maximum absolute atomic E-state index is 11.4. The van der Waals surface area contributed by atoms with Crippen LogP contribution >= 0.6 is 11.3 Å². The molecule has 8 heteroatoms. The van der Waals surface area contributed by atoms with Gasteiger partial charge in [0, 0.05) is 35.8 Å². The van der Waals surface area contributed by atoms with Gasteiger partial charge < -0.3 is 20.3 Å². The molecule has 3 aliphatic rings. The van der Waals surface area contributed by atoms with Gasteiger partial charge in [-0.05, 0) is 63.4 Å². The molecule has 1 saturated heterocycles. The highest BCUT2D eigenvalue weighted by Crippen LogP contribution is 2.48. The van der Waals surface area contributed by atoms with Gasteiger partial charge in [0.15, 0.2) is 0 Å². The van der Waals surface area contributed by atoms with Crippen molar-refractivity contribution in [2.75, 3.05) is 26.3 Å². The van der Waals surface area contributed by atoms with Crippen molar-refractivity contribution in [2.24, 2.45) is 5.73 Å². The van der Waals surface area contributed by atoms with Gasteiger partial charge in [-0.3, -0.25) is 9.69 Å². The van der Waals surface area contributed by atoms with Gasteiger partial charge in [-0.15, -0.1) is 11.3 Å². The van der Waals surface area contributed by atoms with Crippen LogP contribution in [0.1, 0.15) is 60.6 Å². The Balaban J connectivity index is 1.35. The number of aromatic nitrogens is 1. The van der Waals surface area contributed by atoms with E-state index in [-0.39, 0.29) is 12.0 Å². The molecule has 2 atom stereocenters. The van der Waals surface area contributed by atoms with Crippen LogP contribution in [0.15, 0.2) is 6.07 Å². The predicted molar refractivity (Wildman–Crippen MR) is 124 cm³/mol. The first-order valence-corrected chi connectivity index (χ1v) is 12.7. The van der Waals surface area contributed by atoms with E-state index in [1.54, 1.807) is 11.3 Å². The molecule has 174 valence electrons. The van der Waals surface area contributed by atoms with Crippen LogP contribution in [0.5, 0.6) is 5.75 Å². The van der Waals surface area contributed by atoms with Crippen molar-refractivity contribution in [3.05, 3.63) is 22.2 Å². The van der Waals surface area contributed by atoms with Crippen LogP contribution in [0, 0.1) is 6.92 Å². The summed E-state index contributed by atoms with van der Waals surface area (Å²) in [5, 5.41) is 11.2. The molecule has 0 unspecified atom stereocenters. The number of amides is 1. The molecule has 2 aromatic rings. The summed E-state index contributed by atoms with van der Waals surface area (Å²) in [6, 6.07) is 2.70. The van der Waals surface area contributed by atoms with Crippen molar-refractivity contribution >= 4 is 27.5 Å². The largest absolute Gasteiger partial charge is 0.490 e. The molecule has 3 N–H and O–H groups in total. The maximum Gasteiger partial charge on any atom is 0.246 e. The first kappa shape index (κ1) is 22.1. The average Bonchev–Trinajstić information content (AvgIpc) is 3.34. The second kappa shape index (κ2) is 9.25. The summed E-state index contributed by atoms with van der Waals surface area (Å²) in [4.78, 5) is 21.1. The lowest BCUT2D eigenvalue weighted by atomic mass is 9.91. The van der Waals surface area contributed by atoms with Gasteiger partial charge in [-0.2, -0.15) is 0 Å². The number of rotatable bonds is 6. The summed E-state index contributed by atoms with van der Waals surface area (Å²) < 4.78 is 12.1. The Bertz CT molecular complexity index is 979. The number of primary amides is 1. The summed E-state index contributed by atoms with van der Waals surface area (Å²) in [6.07, 6.45) is 5.78. The fraction of sp³-hybridized carbons (Fsp3) is 0.667. The van der Waals surface area contributed by atoms with Crippen molar-refractivity contribution in [1.82, 2.24) is 9.88 Å². The number of thiophene rings is 1. The number of aryl methyl sites for hydroxylation is 2. The third-order valence-corrected chi connectivity index (χ3v) is 8.49. The van der Waals surface area contributed by atoms with Crippen LogP contribution in [-0.4, -0.2) is 65.5 Å². The minimum Gasteiger partial charge on any atom is -0.490 e. The van der Waals surface area contributed by atoms with E-state index in [0.717, 1.165) is 86.5 Å². The van der Waals surface area contributed by atoms with Crippen LogP contribution in [0.3, 0.4) is 0 Å². The Morgan fingerprint density at radius 1 is 1.31 bits per heavy atom. The number of pyridine rings is 1. The number of aliphatic hydroxyl groups excluding tert-OH is 1. The standard InChI is InChI=1S/C24H33N3O4S/c1-14-12-19(31-17-5-3-16(4-6-17)27-8-10-30-11-9-27)22-21-15(13-18(28)23(25)29)2-7-20(21)32-24(22)26-14/h12,15-18,28H,2-11,13H2,1H3,(H2,25,29)/t15-,16-,17-,18-/m1/s1. The van der Waals surface area contributed by atoms with E-state index < -0.39 is 12.0 Å². The van der Waals surface area contributed by atoms with Gasteiger partial charge in [0.2, 0.25) is 5.91 Å². The molecule has 1 saturated carbocycles. The second-order valence-corrected chi connectivity index (χ2v) is 10.6. The summed E-state index contributed by atoms with van der Waals surface area (Å²) in [7, 11) is 0. The number of ether oxygens (including phenoxy) is 2. The summed E-state index contributed by atoms with van der Waals surface area (Å²) in [6.45, 7) is 5.79. The molecule has 3 heterocycles. The highest BCUT2D eigenvalue weighted by atomic mass is 32.1. The van der Waals surface area contributed by atoms with Crippen molar-refractivity contribution < 1.29 is 19.4 Å². The fourth-order valence-corrected chi connectivity index (χ4v) is 7.01. The molecule has 0 bridgehead atoms. The van der Waals surface area contributed by atoms with Gasteiger partial charge in [-0.25, -0.2) is 4.98 Å². The quantitative estimate of drug-likeness (QED) is 0.689. The lowest BCUT2D eigenvalue weighted by Gasteiger charge is -2.38. The number of carbonyl (C=O) groups is 1. The van der Waals surface area contributed by atoms with E-state index >= 15 is 0 Å². The number of fused-ring (bicyclic) bond motifs is 3. The van der Waals surface area contributed by atoms with E-state index in [9.17, 15) is 9.90 Å². The maximum atomic E-state index is 11.4. The molecule has 5 rings (SSSR count). The van der Waals surface area contributed by atoms with Crippen LogP contribution in [0.2, 0.25) is 0 Å². The Morgan fingerprint density at radius 3 is 2.78 bits per heavy atom. The van der Waals surface area contributed by atoms with Crippen LogP contribution in [0.4, 0.5) is 0 Å². The van der Waals surface area contributed by atoms with Crippen molar-refractivity contribution in [1.29, 1.82) is 0 Å². The molecule has 0 aromatic carbocycles. The lowest BCUT2D eigenvalue weighted by molar-refractivity contribution is -0.126. The van der Waals surface area contributed by atoms with Crippen LogP contribution in [-0.2, 0) is 16.0 Å². The van der Waals surface area contributed by atoms with Crippen LogP contribution < -0.4 is 10.5 Å². The van der Waals surface area contributed by atoms with E-state index in [1.165, 1.54) is 10.4 Å². The molecule has 2 fully saturated rings. The minimum absolute atomic E-state index is 0.116. The molecule has 1 amide bonds. The monoisotopic (exact) mass is 459 g/mol. The van der Waals surface area contributed by atoms with Crippen molar-refractivity contribution in [3.8, 4) is 5.75 Å². The zero-order chi connectivity index (χ0) is 22.2. The molecule has 32 heavy (non-hydrogen) atoms. The van der Waals surface area contributed by atoms with Gasteiger partial charge >= 0.3 is 0 Å². The SMILES string of the molecule is Cc1cc(O[C@H]2CC[C@H](N3CCOCC3)CC2)c2c3c(sc2n1)CC[C@@H]3C[C@@H](O)C(N)=O. The molecule has 7 nitrogen and oxygen atoms in total. The number of morpholine rings is 1. The Morgan fingerprint density at radius 2 is 2.06 bits per heavy atom. The van der Waals surface area contributed by atoms with Gasteiger partial charge in [0.25, 0.3) is 0 Å². The zero-order valence-electron chi connectivity index (χ0n) is 18.7. The number of hydrogen-bond acceptors (Lipinski definition) is 7. The zero-order valence-corrected chi connectivity index (χ0v) is 19.5. The van der Waals surface area contributed by atoms with E-state index in [0.29, 0.717) is 12.5 Å². The molecule has 0 spiro atoms. The topological polar surface area (TPSA) is 97.9 Å². The van der Waals surface area contributed by atoms with Crippen molar-refractivity contribution in [2.45, 2.75) is 76.0 Å². The second-order valence-electron chi connectivity index (χ2n) is 9.47. The van der Waals surface area contributed by atoms with Gasteiger partial charge in [-0.1, -0.05) is 0 Å². The van der Waals surface area contributed by atoms with E-state index in [2.05, 4.69) is 11.0 Å². The molecule has 2 aliphatic carbocycles. The summed E-state index contributed by atoms with van der Waals surface area (Å²) >= 11 is 1.73. The summed E-state index contributed by atoms with van der Waals surface area (Å²) in [5.74, 6) is 0.380. The number of aliphatic hydroxyl groups is 1. The number of carbonyl (C=O) groups excluding carboxylic acids is 1. The molecule has 1 aliphatic heterocycles. The average molecular weight is 460 g/mol. The van der Waals surface area contributed by atoms with E-state index in [4.69, 9.17) is 20.2 Å². The Kier molecular flexibility index (Phi) is 6.38. The normalized spacial score (nSPS) is 27.4. The van der Waals surface area contributed by atoms with Gasteiger partial charge in [0.1, 0.15) is 16.7 Å². The number of nitrogens with zero attached hydrogens (tertiary/aromatic N) is 2. The van der Waals surface area contributed by atoms with Crippen LogP contribution in [0.25, 0.3) is 10.2 Å². The molecule has 0 radical (unpaired) electrons. The molecular formula is C24H33N3O4S. The highest BCUT2D eigenvalue weighted by molar-refractivity contribution is 7.19. The number of nitrogens with two attached hydrogens (primary N) is 1. The first-order valence-electron chi connectivity index (χ1n) is 11.9.